The lowest BCUT2D eigenvalue weighted by molar-refractivity contribution is 0.0930. The van der Waals surface area contributed by atoms with Crippen molar-refractivity contribution in [3.63, 3.8) is 0 Å². The second-order valence-corrected chi connectivity index (χ2v) is 6.24. The molecule has 122 valence electrons. The third kappa shape index (κ3) is 3.55. The van der Waals surface area contributed by atoms with E-state index in [1.54, 1.807) is 11.8 Å². The first-order chi connectivity index (χ1) is 11.1. The van der Waals surface area contributed by atoms with Crippen molar-refractivity contribution in [3.05, 3.63) is 47.3 Å². The molecule has 1 atom stereocenters. The SMILES string of the molecule is COc1ccccc1C[C@H](C)NC(=O)c1cc(C2CC2)nn1C. The first-order valence-electron chi connectivity index (χ1n) is 8.05. The van der Waals surface area contributed by atoms with Gasteiger partial charge in [0.25, 0.3) is 5.91 Å². The van der Waals surface area contributed by atoms with Crippen LogP contribution in [0.5, 0.6) is 5.75 Å². The maximum Gasteiger partial charge on any atom is 0.269 e. The molecule has 1 aromatic heterocycles. The Morgan fingerprint density at radius 3 is 2.87 bits per heavy atom. The summed E-state index contributed by atoms with van der Waals surface area (Å²) in [6, 6.07) is 9.82. The molecule has 0 saturated heterocycles. The van der Waals surface area contributed by atoms with Crippen LogP contribution in [0.3, 0.4) is 0 Å². The molecule has 1 aliphatic carbocycles. The Morgan fingerprint density at radius 1 is 1.43 bits per heavy atom. The number of rotatable bonds is 6. The second-order valence-electron chi connectivity index (χ2n) is 6.24. The van der Waals surface area contributed by atoms with Gasteiger partial charge in [0.15, 0.2) is 0 Å². The number of ether oxygens (including phenoxy) is 1. The summed E-state index contributed by atoms with van der Waals surface area (Å²) >= 11 is 0. The summed E-state index contributed by atoms with van der Waals surface area (Å²) in [5.74, 6) is 1.33. The topological polar surface area (TPSA) is 56.1 Å². The molecule has 1 fully saturated rings. The smallest absolute Gasteiger partial charge is 0.269 e. The van der Waals surface area contributed by atoms with Gasteiger partial charge in [0.05, 0.1) is 12.8 Å². The summed E-state index contributed by atoms with van der Waals surface area (Å²) < 4.78 is 7.04. The van der Waals surface area contributed by atoms with Gasteiger partial charge in [-0.1, -0.05) is 18.2 Å². The van der Waals surface area contributed by atoms with Gasteiger partial charge >= 0.3 is 0 Å². The van der Waals surface area contributed by atoms with Crippen molar-refractivity contribution in [3.8, 4) is 5.75 Å². The number of nitrogens with zero attached hydrogens (tertiary/aromatic N) is 2. The largest absolute Gasteiger partial charge is 0.496 e. The number of amides is 1. The molecule has 1 heterocycles. The summed E-state index contributed by atoms with van der Waals surface area (Å²) in [5.41, 5.74) is 2.75. The van der Waals surface area contributed by atoms with E-state index in [1.165, 1.54) is 12.8 Å². The quantitative estimate of drug-likeness (QED) is 0.892. The third-order valence-corrected chi connectivity index (χ3v) is 4.22. The summed E-state index contributed by atoms with van der Waals surface area (Å²) in [5, 5.41) is 7.50. The first kappa shape index (κ1) is 15.6. The van der Waals surface area contributed by atoms with Crippen LogP contribution in [-0.4, -0.2) is 28.8 Å². The molecule has 3 rings (SSSR count). The fraction of sp³-hybridized carbons (Fsp3) is 0.444. The molecule has 5 heteroatoms. The van der Waals surface area contributed by atoms with Crippen LogP contribution >= 0.6 is 0 Å². The Bertz CT molecular complexity index is 704. The Balaban J connectivity index is 1.65. The first-order valence-corrected chi connectivity index (χ1v) is 8.05. The summed E-state index contributed by atoms with van der Waals surface area (Å²) in [6.45, 7) is 2.00. The van der Waals surface area contributed by atoms with E-state index in [4.69, 9.17) is 4.74 Å². The van der Waals surface area contributed by atoms with Crippen LogP contribution in [0.2, 0.25) is 0 Å². The molecule has 1 aliphatic rings. The van der Waals surface area contributed by atoms with Gasteiger partial charge in [0.2, 0.25) is 0 Å². The zero-order valence-corrected chi connectivity index (χ0v) is 13.9. The maximum atomic E-state index is 12.5. The molecule has 0 aliphatic heterocycles. The molecule has 0 unspecified atom stereocenters. The van der Waals surface area contributed by atoms with Crippen molar-refractivity contribution in [1.82, 2.24) is 15.1 Å². The molecule has 0 spiro atoms. The van der Waals surface area contributed by atoms with E-state index in [0.717, 1.165) is 23.4 Å². The van der Waals surface area contributed by atoms with Crippen molar-refractivity contribution in [2.24, 2.45) is 7.05 Å². The highest BCUT2D eigenvalue weighted by Gasteiger charge is 2.28. The van der Waals surface area contributed by atoms with Crippen LogP contribution in [-0.2, 0) is 13.5 Å². The fourth-order valence-corrected chi connectivity index (χ4v) is 2.83. The second kappa shape index (κ2) is 6.44. The van der Waals surface area contributed by atoms with E-state index < -0.39 is 0 Å². The molecule has 1 amide bonds. The van der Waals surface area contributed by atoms with Gasteiger partial charge in [-0.15, -0.1) is 0 Å². The number of aromatic nitrogens is 2. The molecule has 0 bridgehead atoms. The molecular weight excluding hydrogens is 290 g/mol. The summed E-state index contributed by atoms with van der Waals surface area (Å²) in [4.78, 5) is 12.5. The Hall–Kier alpha value is -2.30. The molecular formula is C18H23N3O2. The van der Waals surface area contributed by atoms with Gasteiger partial charge < -0.3 is 10.1 Å². The van der Waals surface area contributed by atoms with Crippen molar-refractivity contribution < 1.29 is 9.53 Å². The van der Waals surface area contributed by atoms with E-state index >= 15 is 0 Å². The summed E-state index contributed by atoms with van der Waals surface area (Å²) in [7, 11) is 3.49. The lowest BCUT2D eigenvalue weighted by Gasteiger charge is -2.15. The van der Waals surface area contributed by atoms with E-state index in [9.17, 15) is 4.79 Å². The van der Waals surface area contributed by atoms with E-state index in [0.29, 0.717) is 11.6 Å². The maximum absolute atomic E-state index is 12.5. The highest BCUT2D eigenvalue weighted by atomic mass is 16.5. The van der Waals surface area contributed by atoms with Crippen LogP contribution in [0.15, 0.2) is 30.3 Å². The minimum atomic E-state index is -0.0747. The number of methoxy groups -OCH3 is 1. The molecule has 1 saturated carbocycles. The standard InChI is InChI=1S/C18H23N3O2/c1-12(10-14-6-4-5-7-17(14)23-3)19-18(22)16-11-15(13-8-9-13)20-21(16)2/h4-7,11-13H,8-10H2,1-3H3,(H,19,22)/t12-/m0/s1. The minimum absolute atomic E-state index is 0.0121. The number of nitrogens with one attached hydrogen (secondary N) is 1. The zero-order chi connectivity index (χ0) is 16.4. The summed E-state index contributed by atoms with van der Waals surface area (Å²) in [6.07, 6.45) is 3.09. The lowest BCUT2D eigenvalue weighted by Crippen LogP contribution is -2.35. The predicted octanol–water partition coefficient (Wildman–Crippen LogP) is 2.67. The van der Waals surface area contributed by atoms with Crippen molar-refractivity contribution in [2.45, 2.75) is 38.1 Å². The average Bonchev–Trinajstić information content (AvgIpc) is 3.30. The van der Waals surface area contributed by atoms with Gasteiger partial charge in [0, 0.05) is 19.0 Å². The molecule has 0 radical (unpaired) electrons. The Morgan fingerprint density at radius 2 is 2.17 bits per heavy atom. The number of benzene rings is 1. The van der Waals surface area contributed by atoms with Gasteiger partial charge in [-0.05, 0) is 43.9 Å². The van der Waals surface area contributed by atoms with Gasteiger partial charge in [-0.25, -0.2) is 0 Å². The third-order valence-electron chi connectivity index (χ3n) is 4.22. The van der Waals surface area contributed by atoms with Gasteiger partial charge in [0.1, 0.15) is 11.4 Å². The van der Waals surface area contributed by atoms with Crippen molar-refractivity contribution in [1.29, 1.82) is 0 Å². The van der Waals surface area contributed by atoms with Crippen LogP contribution in [0.4, 0.5) is 0 Å². The highest BCUT2D eigenvalue weighted by molar-refractivity contribution is 5.92. The van der Waals surface area contributed by atoms with Crippen LogP contribution in [0, 0.1) is 0 Å². The Labute approximate surface area is 136 Å². The van der Waals surface area contributed by atoms with Crippen molar-refractivity contribution >= 4 is 5.91 Å². The van der Waals surface area contributed by atoms with Crippen LogP contribution < -0.4 is 10.1 Å². The molecule has 2 aromatic rings. The van der Waals surface area contributed by atoms with E-state index in [-0.39, 0.29) is 11.9 Å². The van der Waals surface area contributed by atoms with Crippen LogP contribution in [0.1, 0.15) is 47.4 Å². The van der Waals surface area contributed by atoms with Crippen LogP contribution in [0.25, 0.3) is 0 Å². The molecule has 1 aromatic carbocycles. The number of para-hydroxylation sites is 1. The van der Waals surface area contributed by atoms with Gasteiger partial charge in [-0.2, -0.15) is 5.10 Å². The van der Waals surface area contributed by atoms with Crippen molar-refractivity contribution in [2.75, 3.05) is 7.11 Å². The number of aryl methyl sites for hydroxylation is 1. The monoisotopic (exact) mass is 313 g/mol. The number of carbonyl (C=O) groups excluding carboxylic acids is 1. The molecule has 23 heavy (non-hydrogen) atoms. The number of hydrogen-bond acceptors (Lipinski definition) is 3. The van der Waals surface area contributed by atoms with Gasteiger partial charge in [-0.3, -0.25) is 9.48 Å². The van der Waals surface area contributed by atoms with E-state index in [2.05, 4.69) is 10.4 Å². The minimum Gasteiger partial charge on any atom is -0.496 e. The Kier molecular flexibility index (Phi) is 4.37. The lowest BCUT2D eigenvalue weighted by atomic mass is 10.1. The highest BCUT2D eigenvalue weighted by Crippen LogP contribution is 2.39. The average molecular weight is 313 g/mol. The zero-order valence-electron chi connectivity index (χ0n) is 13.9. The fourth-order valence-electron chi connectivity index (χ4n) is 2.83. The molecule has 5 nitrogen and oxygen atoms in total. The number of hydrogen-bond donors (Lipinski definition) is 1. The predicted molar refractivity (Wildman–Crippen MR) is 88.8 cm³/mol. The molecule has 1 N–H and O–H groups in total. The van der Waals surface area contributed by atoms with E-state index in [1.807, 2.05) is 44.3 Å². The normalized spacial score (nSPS) is 15.3. The number of carbonyl (C=O) groups is 1.